The Kier molecular flexibility index (Phi) is 5.48. The lowest BCUT2D eigenvalue weighted by Gasteiger charge is -2.20. The highest BCUT2D eigenvalue weighted by Crippen LogP contribution is 2.39. The Morgan fingerprint density at radius 1 is 1.31 bits per heavy atom. The largest absolute Gasteiger partial charge is 0.504 e. The topological polar surface area (TPSA) is 83.0 Å². The molecule has 3 N–H and O–H groups in total. The predicted molar refractivity (Wildman–Crippen MR) is 104 cm³/mol. The van der Waals surface area contributed by atoms with E-state index in [1.165, 1.54) is 18.0 Å². The summed E-state index contributed by atoms with van der Waals surface area (Å²) in [5.74, 6) is 0.0570. The van der Waals surface area contributed by atoms with Gasteiger partial charge < -0.3 is 15.2 Å². The van der Waals surface area contributed by atoms with Crippen molar-refractivity contribution in [3.05, 3.63) is 58.6 Å². The van der Waals surface area contributed by atoms with Crippen LogP contribution in [0.25, 0.3) is 0 Å². The third-order valence-corrected chi connectivity index (χ3v) is 4.94. The fraction of sp³-hybridized carbons (Fsp3) is 0.158. The van der Waals surface area contributed by atoms with E-state index in [1.807, 2.05) is 38.1 Å². The Morgan fingerprint density at radius 2 is 2.12 bits per heavy atom. The number of benzene rings is 2. The molecule has 0 saturated heterocycles. The van der Waals surface area contributed by atoms with Gasteiger partial charge in [0.05, 0.1) is 23.4 Å². The number of hydrogen-bond donors (Lipinski definition) is 3. The van der Waals surface area contributed by atoms with Crippen LogP contribution in [0.2, 0.25) is 0 Å². The number of aromatic hydroxyl groups is 1. The Hall–Kier alpha value is -2.93. The molecule has 0 aromatic heterocycles. The number of nitrogens with zero attached hydrogens (tertiary/aromatic N) is 1. The molecule has 0 fully saturated rings. The molecular formula is C19H19N3O3S. The first kappa shape index (κ1) is 17.9. The fourth-order valence-electron chi connectivity index (χ4n) is 2.45. The third kappa shape index (κ3) is 3.83. The van der Waals surface area contributed by atoms with Gasteiger partial charge in [0.25, 0.3) is 5.91 Å². The molecule has 1 aliphatic rings. The van der Waals surface area contributed by atoms with Crippen LogP contribution in [0.4, 0.5) is 5.69 Å². The van der Waals surface area contributed by atoms with Crippen LogP contribution in [0.15, 0.2) is 63.1 Å². The van der Waals surface area contributed by atoms with Crippen molar-refractivity contribution >= 4 is 29.6 Å². The maximum absolute atomic E-state index is 12.4. The number of allylic oxidation sites excluding steroid dienone is 1. The van der Waals surface area contributed by atoms with Crippen molar-refractivity contribution < 1.29 is 14.6 Å². The van der Waals surface area contributed by atoms with Crippen LogP contribution in [0.5, 0.6) is 11.5 Å². The van der Waals surface area contributed by atoms with Crippen molar-refractivity contribution in [1.82, 2.24) is 5.43 Å². The zero-order valence-corrected chi connectivity index (χ0v) is 15.3. The number of rotatable bonds is 5. The number of ether oxygens (including phenoxy) is 1. The van der Waals surface area contributed by atoms with Gasteiger partial charge in [-0.3, -0.25) is 4.79 Å². The van der Waals surface area contributed by atoms with Crippen molar-refractivity contribution in [3.63, 3.8) is 0 Å². The highest BCUT2D eigenvalue weighted by atomic mass is 32.2. The summed E-state index contributed by atoms with van der Waals surface area (Å²) in [6.45, 7) is 4.13. The summed E-state index contributed by atoms with van der Waals surface area (Å²) >= 11 is 1.39. The summed E-state index contributed by atoms with van der Waals surface area (Å²) in [5, 5.41) is 17.3. The minimum atomic E-state index is -0.314. The van der Waals surface area contributed by atoms with E-state index in [0.29, 0.717) is 22.8 Å². The van der Waals surface area contributed by atoms with E-state index in [1.54, 1.807) is 18.2 Å². The first-order valence-corrected chi connectivity index (χ1v) is 8.94. The van der Waals surface area contributed by atoms with E-state index >= 15 is 0 Å². The average molecular weight is 369 g/mol. The highest BCUT2D eigenvalue weighted by Gasteiger charge is 2.21. The van der Waals surface area contributed by atoms with Gasteiger partial charge in [-0.2, -0.15) is 5.10 Å². The molecule has 0 bridgehead atoms. The molecule has 0 spiro atoms. The Balaban J connectivity index is 1.70. The maximum atomic E-state index is 12.4. The van der Waals surface area contributed by atoms with Gasteiger partial charge in [-0.15, -0.1) is 0 Å². The molecule has 6 nitrogen and oxygen atoms in total. The van der Waals surface area contributed by atoms with Gasteiger partial charge >= 0.3 is 0 Å². The van der Waals surface area contributed by atoms with Gasteiger partial charge in [0, 0.05) is 16.2 Å². The van der Waals surface area contributed by atoms with Crippen molar-refractivity contribution in [2.75, 3.05) is 11.9 Å². The average Bonchev–Trinajstić information content (AvgIpc) is 2.64. The van der Waals surface area contributed by atoms with E-state index in [9.17, 15) is 9.90 Å². The molecule has 0 aliphatic carbocycles. The van der Waals surface area contributed by atoms with E-state index < -0.39 is 0 Å². The molecule has 2 aromatic carbocycles. The molecule has 2 aromatic rings. The van der Waals surface area contributed by atoms with Gasteiger partial charge in [0.15, 0.2) is 11.5 Å². The summed E-state index contributed by atoms with van der Waals surface area (Å²) in [6.07, 6.45) is 1.39. The van der Waals surface area contributed by atoms with Crippen LogP contribution in [-0.4, -0.2) is 23.8 Å². The third-order valence-electron chi connectivity index (χ3n) is 3.67. The molecule has 134 valence electrons. The van der Waals surface area contributed by atoms with Crippen LogP contribution in [0, 0.1) is 0 Å². The number of fused-ring (bicyclic) bond motifs is 1. The number of nitrogens with one attached hydrogen (secondary N) is 2. The Bertz CT molecular complexity index is 893. The molecule has 26 heavy (non-hydrogen) atoms. The zero-order chi connectivity index (χ0) is 18.5. The second-order valence-electron chi connectivity index (χ2n) is 5.50. The normalized spacial score (nSPS) is 13.3. The van der Waals surface area contributed by atoms with Crippen LogP contribution >= 0.6 is 11.8 Å². The number of carbonyl (C=O) groups excluding carboxylic acids is 1. The van der Waals surface area contributed by atoms with Crippen molar-refractivity contribution in [2.24, 2.45) is 5.10 Å². The SMILES string of the molecule is CCOc1cccc(/C=N/NC(=O)C2=C(C)Nc3ccccc3S2)c1O. The monoisotopic (exact) mass is 369 g/mol. The van der Waals surface area contributed by atoms with Crippen LogP contribution in [-0.2, 0) is 4.79 Å². The quantitative estimate of drug-likeness (QED) is 0.553. The summed E-state index contributed by atoms with van der Waals surface area (Å²) in [4.78, 5) is 14.0. The molecule has 0 unspecified atom stereocenters. The number of hydrazone groups is 1. The Morgan fingerprint density at radius 3 is 2.92 bits per heavy atom. The van der Waals surface area contributed by atoms with Crippen LogP contribution in [0.3, 0.4) is 0 Å². The Labute approximate surface area is 156 Å². The van der Waals surface area contributed by atoms with E-state index in [-0.39, 0.29) is 11.7 Å². The van der Waals surface area contributed by atoms with Gasteiger partial charge in [0.1, 0.15) is 0 Å². The number of hydrogen-bond acceptors (Lipinski definition) is 6. The molecule has 7 heteroatoms. The predicted octanol–water partition coefficient (Wildman–Crippen LogP) is 3.69. The van der Waals surface area contributed by atoms with Gasteiger partial charge in [0.2, 0.25) is 0 Å². The lowest BCUT2D eigenvalue weighted by atomic mass is 10.2. The summed E-state index contributed by atoms with van der Waals surface area (Å²) in [6, 6.07) is 12.9. The van der Waals surface area contributed by atoms with Gasteiger partial charge in [-0.05, 0) is 38.1 Å². The molecule has 3 rings (SSSR count). The molecule has 1 aliphatic heterocycles. The maximum Gasteiger partial charge on any atom is 0.279 e. The number of para-hydroxylation sites is 2. The minimum absolute atomic E-state index is 0.00891. The molecule has 1 heterocycles. The highest BCUT2D eigenvalue weighted by molar-refractivity contribution is 8.04. The number of phenols is 1. The molecule has 0 saturated carbocycles. The molecular weight excluding hydrogens is 350 g/mol. The fourth-order valence-corrected chi connectivity index (χ4v) is 3.39. The standard InChI is InChI=1S/C19H19N3O3S/c1-3-25-15-9-6-7-13(17(15)23)11-20-22-19(24)18-12(2)21-14-8-4-5-10-16(14)26-18/h4-11,21,23H,3H2,1-2H3,(H,22,24)/b20-11+. The first-order valence-electron chi connectivity index (χ1n) is 8.13. The first-order chi connectivity index (χ1) is 12.6. The van der Waals surface area contributed by atoms with E-state index in [2.05, 4.69) is 15.8 Å². The number of carbonyl (C=O) groups is 1. The summed E-state index contributed by atoms with van der Waals surface area (Å²) in [7, 11) is 0. The van der Waals surface area contributed by atoms with Crippen molar-refractivity contribution in [3.8, 4) is 11.5 Å². The smallest absolute Gasteiger partial charge is 0.279 e. The number of amides is 1. The van der Waals surface area contributed by atoms with E-state index in [4.69, 9.17) is 4.74 Å². The number of phenolic OH excluding ortho intramolecular Hbond substituents is 1. The second kappa shape index (κ2) is 7.97. The number of thioether (sulfide) groups is 1. The lowest BCUT2D eigenvalue weighted by molar-refractivity contribution is -0.116. The molecule has 0 radical (unpaired) electrons. The molecule has 1 amide bonds. The van der Waals surface area contributed by atoms with Gasteiger partial charge in [-0.25, -0.2) is 5.43 Å². The summed E-state index contributed by atoms with van der Waals surface area (Å²) in [5.41, 5.74) is 4.71. The lowest BCUT2D eigenvalue weighted by Crippen LogP contribution is -2.22. The van der Waals surface area contributed by atoms with Crippen molar-refractivity contribution in [2.45, 2.75) is 18.7 Å². The zero-order valence-electron chi connectivity index (χ0n) is 14.4. The van der Waals surface area contributed by atoms with Gasteiger partial charge in [-0.1, -0.05) is 30.0 Å². The van der Waals surface area contributed by atoms with Crippen molar-refractivity contribution in [1.29, 1.82) is 0 Å². The van der Waals surface area contributed by atoms with E-state index in [0.717, 1.165) is 16.3 Å². The second-order valence-corrected chi connectivity index (χ2v) is 6.56. The van der Waals surface area contributed by atoms with Crippen LogP contribution in [0.1, 0.15) is 19.4 Å². The number of anilines is 1. The molecule has 0 atom stereocenters. The summed E-state index contributed by atoms with van der Waals surface area (Å²) < 4.78 is 5.33. The van der Waals surface area contributed by atoms with Crippen LogP contribution < -0.4 is 15.5 Å². The minimum Gasteiger partial charge on any atom is -0.504 e.